The number of carboxylic acids is 1. The summed E-state index contributed by atoms with van der Waals surface area (Å²) in [6.07, 6.45) is 0.463. The van der Waals surface area contributed by atoms with Crippen LogP contribution < -0.4 is 5.32 Å². The maximum absolute atomic E-state index is 11.5. The van der Waals surface area contributed by atoms with Crippen molar-refractivity contribution in [3.8, 4) is 0 Å². The first-order valence-corrected chi connectivity index (χ1v) is 7.36. The lowest BCUT2D eigenvalue weighted by molar-refractivity contribution is -0.141. The number of rotatable bonds is 8. The third-order valence-electron chi connectivity index (χ3n) is 2.67. The molecule has 1 aromatic rings. The Morgan fingerprint density at radius 2 is 2.00 bits per heavy atom. The van der Waals surface area contributed by atoms with Crippen molar-refractivity contribution in [3.63, 3.8) is 0 Å². The molecule has 1 atom stereocenters. The zero-order valence-electron chi connectivity index (χ0n) is 11.0. The summed E-state index contributed by atoms with van der Waals surface area (Å²) >= 11 is 1.55. The summed E-state index contributed by atoms with van der Waals surface area (Å²) in [7, 11) is 0. The Hall–Kier alpha value is -1.49. The Balaban J connectivity index is 2.10. The van der Waals surface area contributed by atoms with E-state index in [0.717, 1.165) is 5.75 Å². The highest BCUT2D eigenvalue weighted by Crippen LogP contribution is 2.11. The van der Waals surface area contributed by atoms with Gasteiger partial charge in [-0.15, -0.1) is 11.8 Å². The van der Waals surface area contributed by atoms with Crippen molar-refractivity contribution in [2.45, 2.75) is 19.1 Å². The number of aliphatic carboxylic acids is 1. The van der Waals surface area contributed by atoms with Crippen molar-refractivity contribution in [2.24, 2.45) is 5.92 Å². The molecule has 5 heteroatoms. The van der Waals surface area contributed by atoms with Crippen LogP contribution in [0.5, 0.6) is 0 Å². The number of carboxylic acid groups (broad SMARTS) is 1. The molecule has 0 saturated heterocycles. The Kier molecular flexibility index (Phi) is 7.03. The van der Waals surface area contributed by atoms with E-state index in [4.69, 9.17) is 5.11 Å². The Morgan fingerprint density at radius 1 is 1.32 bits per heavy atom. The minimum atomic E-state index is -0.826. The topological polar surface area (TPSA) is 66.4 Å². The molecule has 1 aromatic carbocycles. The fraction of sp³-hybridized carbons (Fsp3) is 0.429. The fourth-order valence-electron chi connectivity index (χ4n) is 1.44. The second-order valence-corrected chi connectivity index (χ2v) is 5.34. The van der Waals surface area contributed by atoms with Crippen LogP contribution in [-0.4, -0.2) is 29.3 Å². The van der Waals surface area contributed by atoms with E-state index < -0.39 is 11.9 Å². The molecule has 0 fully saturated rings. The Bertz CT molecular complexity index is 408. The smallest absolute Gasteiger partial charge is 0.306 e. The van der Waals surface area contributed by atoms with E-state index in [-0.39, 0.29) is 5.91 Å². The Labute approximate surface area is 117 Å². The van der Waals surface area contributed by atoms with Gasteiger partial charge in [0.1, 0.15) is 0 Å². The maximum atomic E-state index is 11.5. The molecule has 1 unspecified atom stereocenters. The molecule has 2 N–H and O–H groups in total. The van der Waals surface area contributed by atoms with Crippen LogP contribution in [0.15, 0.2) is 30.3 Å². The highest BCUT2D eigenvalue weighted by atomic mass is 32.2. The number of carbonyl (C=O) groups excluding carboxylic acids is 1. The van der Waals surface area contributed by atoms with Gasteiger partial charge < -0.3 is 10.4 Å². The largest absolute Gasteiger partial charge is 0.481 e. The molecular weight excluding hydrogens is 262 g/mol. The van der Waals surface area contributed by atoms with Crippen molar-refractivity contribution in [2.75, 3.05) is 12.3 Å². The molecule has 4 nitrogen and oxygen atoms in total. The zero-order valence-corrected chi connectivity index (χ0v) is 11.8. The van der Waals surface area contributed by atoms with Crippen LogP contribution in [0, 0.1) is 5.92 Å². The SMILES string of the molecule is CC(CCNC(=O)CSCc1ccccc1)C(=O)O. The molecule has 1 amide bonds. The quantitative estimate of drug-likeness (QED) is 0.766. The van der Waals surface area contributed by atoms with Crippen molar-refractivity contribution >= 4 is 23.6 Å². The van der Waals surface area contributed by atoms with E-state index in [2.05, 4.69) is 5.32 Å². The highest BCUT2D eigenvalue weighted by molar-refractivity contribution is 7.99. The van der Waals surface area contributed by atoms with Crippen LogP contribution in [-0.2, 0) is 15.3 Å². The van der Waals surface area contributed by atoms with Crippen LogP contribution in [0.25, 0.3) is 0 Å². The summed E-state index contributed by atoms with van der Waals surface area (Å²) in [5.74, 6) is -0.0839. The number of benzene rings is 1. The number of carbonyl (C=O) groups is 2. The van der Waals surface area contributed by atoms with E-state index >= 15 is 0 Å². The van der Waals surface area contributed by atoms with Crippen molar-refractivity contribution < 1.29 is 14.7 Å². The van der Waals surface area contributed by atoms with E-state index in [1.54, 1.807) is 18.7 Å². The third-order valence-corrected chi connectivity index (χ3v) is 3.67. The van der Waals surface area contributed by atoms with Crippen LogP contribution >= 0.6 is 11.8 Å². The predicted molar refractivity (Wildman–Crippen MR) is 77.0 cm³/mol. The molecule has 19 heavy (non-hydrogen) atoms. The van der Waals surface area contributed by atoms with Crippen LogP contribution in [0.2, 0.25) is 0 Å². The van der Waals surface area contributed by atoms with Gasteiger partial charge in [0, 0.05) is 12.3 Å². The first kappa shape index (κ1) is 15.6. The number of nitrogens with one attached hydrogen (secondary N) is 1. The lowest BCUT2D eigenvalue weighted by atomic mass is 10.1. The maximum Gasteiger partial charge on any atom is 0.306 e. The molecule has 0 aromatic heterocycles. The third kappa shape index (κ3) is 6.86. The van der Waals surface area contributed by atoms with Gasteiger partial charge in [0.25, 0.3) is 0 Å². The zero-order chi connectivity index (χ0) is 14.1. The molecule has 104 valence electrons. The molecule has 0 radical (unpaired) electrons. The molecule has 0 heterocycles. The molecule has 0 spiro atoms. The molecule has 1 rings (SSSR count). The lowest BCUT2D eigenvalue weighted by Crippen LogP contribution is -2.28. The van der Waals surface area contributed by atoms with Gasteiger partial charge in [-0.3, -0.25) is 9.59 Å². The highest BCUT2D eigenvalue weighted by Gasteiger charge is 2.10. The molecule has 0 bridgehead atoms. The standard InChI is InChI=1S/C14H19NO3S/c1-11(14(17)18)7-8-15-13(16)10-19-9-12-5-3-2-4-6-12/h2-6,11H,7-10H2,1H3,(H,15,16)(H,17,18). The van der Waals surface area contributed by atoms with E-state index in [1.807, 2.05) is 30.3 Å². The van der Waals surface area contributed by atoms with Crippen molar-refractivity contribution in [1.29, 1.82) is 0 Å². The normalized spacial score (nSPS) is 11.8. The fourth-order valence-corrected chi connectivity index (χ4v) is 2.26. The average Bonchev–Trinajstić information content (AvgIpc) is 2.39. The summed E-state index contributed by atoms with van der Waals surface area (Å²) < 4.78 is 0. The first-order chi connectivity index (χ1) is 9.09. The van der Waals surface area contributed by atoms with Crippen LogP contribution in [0.3, 0.4) is 0 Å². The predicted octanol–water partition coefficient (Wildman–Crippen LogP) is 2.15. The van der Waals surface area contributed by atoms with Gasteiger partial charge in [-0.25, -0.2) is 0 Å². The minimum Gasteiger partial charge on any atom is -0.481 e. The number of hydrogen-bond donors (Lipinski definition) is 2. The van der Waals surface area contributed by atoms with Gasteiger partial charge in [0.05, 0.1) is 11.7 Å². The van der Waals surface area contributed by atoms with Gasteiger partial charge in [-0.1, -0.05) is 37.3 Å². The second kappa shape index (κ2) is 8.58. The summed E-state index contributed by atoms with van der Waals surface area (Å²) in [6, 6.07) is 9.97. The number of amides is 1. The molecule has 0 aliphatic heterocycles. The van der Waals surface area contributed by atoms with Gasteiger partial charge >= 0.3 is 5.97 Å². The molecular formula is C14H19NO3S. The summed E-state index contributed by atoms with van der Waals surface area (Å²) in [5.41, 5.74) is 1.19. The lowest BCUT2D eigenvalue weighted by Gasteiger charge is -2.07. The molecule has 0 aliphatic carbocycles. The summed E-state index contributed by atoms with van der Waals surface area (Å²) in [6.45, 7) is 2.05. The summed E-state index contributed by atoms with van der Waals surface area (Å²) in [5, 5.41) is 11.4. The summed E-state index contributed by atoms with van der Waals surface area (Å²) in [4.78, 5) is 22.1. The van der Waals surface area contributed by atoms with Gasteiger partial charge in [0.2, 0.25) is 5.91 Å². The second-order valence-electron chi connectivity index (χ2n) is 4.36. The average molecular weight is 281 g/mol. The van der Waals surface area contributed by atoms with Crippen LogP contribution in [0.4, 0.5) is 0 Å². The van der Waals surface area contributed by atoms with Crippen LogP contribution in [0.1, 0.15) is 18.9 Å². The first-order valence-electron chi connectivity index (χ1n) is 6.20. The van der Waals surface area contributed by atoms with Crippen molar-refractivity contribution in [3.05, 3.63) is 35.9 Å². The van der Waals surface area contributed by atoms with Gasteiger partial charge in [-0.05, 0) is 12.0 Å². The van der Waals surface area contributed by atoms with Gasteiger partial charge in [-0.2, -0.15) is 0 Å². The van der Waals surface area contributed by atoms with E-state index in [1.165, 1.54) is 5.56 Å². The van der Waals surface area contributed by atoms with E-state index in [0.29, 0.717) is 18.7 Å². The molecule has 0 aliphatic rings. The number of hydrogen-bond acceptors (Lipinski definition) is 3. The Morgan fingerprint density at radius 3 is 2.63 bits per heavy atom. The molecule has 0 saturated carbocycles. The van der Waals surface area contributed by atoms with Gasteiger partial charge in [0.15, 0.2) is 0 Å². The number of thioether (sulfide) groups is 1. The van der Waals surface area contributed by atoms with E-state index in [9.17, 15) is 9.59 Å². The van der Waals surface area contributed by atoms with Crippen molar-refractivity contribution in [1.82, 2.24) is 5.32 Å². The monoisotopic (exact) mass is 281 g/mol. The minimum absolute atomic E-state index is 0.0430.